The molecule has 110 valence electrons. The molecule has 6 heteroatoms. The number of amides is 2. The molecule has 0 aliphatic carbocycles. The number of fused-ring (bicyclic) bond motifs is 1. The number of pyridine rings is 1. The summed E-state index contributed by atoms with van der Waals surface area (Å²) in [7, 11) is 0. The van der Waals surface area contributed by atoms with Crippen LogP contribution in [0.25, 0.3) is 0 Å². The monoisotopic (exact) mass is 296 g/mol. The first-order valence-corrected chi connectivity index (χ1v) is 6.62. The van der Waals surface area contributed by atoms with Gasteiger partial charge in [0.25, 0.3) is 11.8 Å². The van der Waals surface area contributed by atoms with Crippen LogP contribution in [0.2, 0.25) is 0 Å². The molecule has 22 heavy (non-hydrogen) atoms. The van der Waals surface area contributed by atoms with Crippen LogP contribution in [0, 0.1) is 6.92 Å². The van der Waals surface area contributed by atoms with E-state index in [9.17, 15) is 14.4 Å². The molecule has 0 radical (unpaired) electrons. The number of aromatic nitrogens is 1. The molecule has 1 aliphatic rings. The highest BCUT2D eigenvalue weighted by Gasteiger charge is 2.38. The predicted molar refractivity (Wildman–Crippen MR) is 77.9 cm³/mol. The molecule has 0 bridgehead atoms. The molecule has 0 unspecified atom stereocenters. The number of hydrogen-bond acceptors (Lipinski definition) is 5. The number of carbonyl (C=O) groups is 3. The molecule has 2 amide bonds. The van der Waals surface area contributed by atoms with E-state index in [4.69, 9.17) is 4.74 Å². The van der Waals surface area contributed by atoms with Gasteiger partial charge in [-0.3, -0.25) is 19.4 Å². The van der Waals surface area contributed by atoms with Crippen LogP contribution in [0.15, 0.2) is 36.5 Å². The van der Waals surface area contributed by atoms with Gasteiger partial charge in [-0.05, 0) is 42.8 Å². The van der Waals surface area contributed by atoms with Gasteiger partial charge >= 0.3 is 5.97 Å². The first-order chi connectivity index (χ1) is 10.5. The third-order valence-electron chi connectivity index (χ3n) is 3.32. The summed E-state index contributed by atoms with van der Waals surface area (Å²) in [5, 5.41) is 0. The normalized spacial score (nSPS) is 13.3. The van der Waals surface area contributed by atoms with Crippen molar-refractivity contribution in [2.75, 3.05) is 4.90 Å². The minimum atomic E-state index is -0.455. The van der Waals surface area contributed by atoms with Crippen molar-refractivity contribution in [1.29, 1.82) is 0 Å². The van der Waals surface area contributed by atoms with E-state index in [1.807, 2.05) is 0 Å². The zero-order chi connectivity index (χ0) is 15.9. The average molecular weight is 296 g/mol. The number of carbonyl (C=O) groups excluding carboxylic acids is 3. The number of aryl methyl sites for hydroxylation is 1. The van der Waals surface area contributed by atoms with E-state index in [-0.39, 0.29) is 11.3 Å². The predicted octanol–water partition coefficient (Wildman–Crippen LogP) is 2.12. The fraction of sp³-hybridized carbons (Fsp3) is 0.125. The van der Waals surface area contributed by atoms with Gasteiger partial charge in [0, 0.05) is 13.1 Å². The molecule has 2 aromatic rings. The molecule has 0 saturated carbocycles. The second-order valence-electron chi connectivity index (χ2n) is 4.89. The van der Waals surface area contributed by atoms with Crippen molar-refractivity contribution in [3.63, 3.8) is 0 Å². The molecule has 0 fully saturated rings. The fourth-order valence-corrected chi connectivity index (χ4v) is 2.39. The third-order valence-corrected chi connectivity index (χ3v) is 3.32. The Labute approximate surface area is 126 Å². The number of rotatable bonds is 2. The molecule has 6 nitrogen and oxygen atoms in total. The van der Waals surface area contributed by atoms with Crippen LogP contribution in [0.1, 0.15) is 33.3 Å². The molecule has 0 atom stereocenters. The minimum absolute atomic E-state index is 0.149. The molecular formula is C16H12N2O4. The lowest BCUT2D eigenvalue weighted by Crippen LogP contribution is -2.30. The molecule has 1 aromatic carbocycles. The van der Waals surface area contributed by atoms with Crippen LogP contribution in [-0.2, 0) is 4.79 Å². The maximum Gasteiger partial charge on any atom is 0.308 e. The maximum atomic E-state index is 12.4. The molecular weight excluding hydrogens is 284 g/mol. The van der Waals surface area contributed by atoms with E-state index in [1.165, 1.54) is 13.1 Å². The van der Waals surface area contributed by atoms with Gasteiger partial charge in [-0.25, -0.2) is 4.90 Å². The van der Waals surface area contributed by atoms with Gasteiger partial charge in [0.15, 0.2) is 0 Å². The van der Waals surface area contributed by atoms with Crippen LogP contribution in [-0.4, -0.2) is 22.8 Å². The van der Waals surface area contributed by atoms with Gasteiger partial charge in [0.05, 0.1) is 11.3 Å². The van der Waals surface area contributed by atoms with Crippen LogP contribution in [0.4, 0.5) is 5.69 Å². The molecule has 3 rings (SSSR count). The van der Waals surface area contributed by atoms with E-state index in [0.717, 1.165) is 4.90 Å². The quantitative estimate of drug-likeness (QED) is 0.482. The van der Waals surface area contributed by atoms with Gasteiger partial charge in [0.2, 0.25) is 0 Å². The Kier molecular flexibility index (Phi) is 3.21. The highest BCUT2D eigenvalue weighted by molar-refractivity contribution is 6.33. The number of hydrogen-bond donors (Lipinski definition) is 0. The Morgan fingerprint density at radius 3 is 2.59 bits per heavy atom. The summed E-state index contributed by atoms with van der Waals surface area (Å²) in [6.45, 7) is 3.04. The average Bonchev–Trinajstić information content (AvgIpc) is 2.72. The summed E-state index contributed by atoms with van der Waals surface area (Å²) in [4.78, 5) is 40.8. The van der Waals surface area contributed by atoms with E-state index in [2.05, 4.69) is 4.98 Å². The molecule has 0 saturated heterocycles. The first-order valence-electron chi connectivity index (χ1n) is 6.62. The smallest absolute Gasteiger partial charge is 0.308 e. The minimum Gasteiger partial charge on any atom is -0.427 e. The standard InChI is InChI=1S/C16H12N2O4/c1-9-8-11(22-10(2)19)5-6-13(9)18-15(20)12-4-3-7-17-14(12)16(18)21/h3-8H,1-2H3. The van der Waals surface area contributed by atoms with Gasteiger partial charge in [-0.1, -0.05) is 0 Å². The number of anilines is 1. The van der Waals surface area contributed by atoms with E-state index >= 15 is 0 Å². The highest BCUT2D eigenvalue weighted by atomic mass is 16.5. The molecule has 2 heterocycles. The maximum absolute atomic E-state index is 12.4. The van der Waals surface area contributed by atoms with Crippen molar-refractivity contribution >= 4 is 23.5 Å². The summed E-state index contributed by atoms with van der Waals surface area (Å²) in [5.41, 5.74) is 1.53. The molecule has 1 aliphatic heterocycles. The van der Waals surface area contributed by atoms with Crippen molar-refractivity contribution in [1.82, 2.24) is 4.98 Å². The van der Waals surface area contributed by atoms with Crippen LogP contribution in [0.5, 0.6) is 5.75 Å². The Hall–Kier alpha value is -3.02. The largest absolute Gasteiger partial charge is 0.427 e. The second kappa shape index (κ2) is 5.07. The molecule has 1 aromatic heterocycles. The Morgan fingerprint density at radius 1 is 1.18 bits per heavy atom. The topological polar surface area (TPSA) is 76.6 Å². The van der Waals surface area contributed by atoms with Crippen LogP contribution >= 0.6 is 0 Å². The SMILES string of the molecule is CC(=O)Oc1ccc(N2C(=O)c3cccnc3C2=O)c(C)c1. The van der Waals surface area contributed by atoms with Gasteiger partial charge < -0.3 is 4.74 Å². The van der Waals surface area contributed by atoms with Gasteiger partial charge in [-0.15, -0.1) is 0 Å². The zero-order valence-corrected chi connectivity index (χ0v) is 12.0. The van der Waals surface area contributed by atoms with Gasteiger partial charge in [0.1, 0.15) is 11.4 Å². The number of nitrogens with zero attached hydrogens (tertiary/aromatic N) is 2. The Morgan fingerprint density at radius 2 is 1.95 bits per heavy atom. The number of benzene rings is 1. The van der Waals surface area contributed by atoms with E-state index in [1.54, 1.807) is 37.3 Å². The van der Waals surface area contributed by atoms with Crippen molar-refractivity contribution in [2.24, 2.45) is 0 Å². The van der Waals surface area contributed by atoms with Crippen molar-refractivity contribution in [3.8, 4) is 5.75 Å². The Bertz CT molecular complexity index is 779. The summed E-state index contributed by atoms with van der Waals surface area (Å²) < 4.78 is 4.99. The van der Waals surface area contributed by atoms with Crippen LogP contribution in [0.3, 0.4) is 0 Å². The fourth-order valence-electron chi connectivity index (χ4n) is 2.39. The number of ether oxygens (including phenoxy) is 1. The van der Waals surface area contributed by atoms with Crippen molar-refractivity contribution in [3.05, 3.63) is 53.3 Å². The summed E-state index contributed by atoms with van der Waals surface area (Å²) >= 11 is 0. The summed E-state index contributed by atoms with van der Waals surface area (Å²) in [6.07, 6.45) is 1.48. The van der Waals surface area contributed by atoms with Gasteiger partial charge in [-0.2, -0.15) is 0 Å². The third kappa shape index (κ3) is 2.14. The summed E-state index contributed by atoms with van der Waals surface area (Å²) in [6, 6.07) is 7.92. The molecule has 0 N–H and O–H groups in total. The first kappa shape index (κ1) is 13.9. The lowest BCUT2D eigenvalue weighted by Gasteiger charge is -2.17. The highest BCUT2D eigenvalue weighted by Crippen LogP contribution is 2.31. The van der Waals surface area contributed by atoms with Crippen molar-refractivity contribution in [2.45, 2.75) is 13.8 Å². The van der Waals surface area contributed by atoms with Crippen LogP contribution < -0.4 is 9.64 Å². The lowest BCUT2D eigenvalue weighted by atomic mass is 10.1. The lowest BCUT2D eigenvalue weighted by molar-refractivity contribution is -0.131. The van der Waals surface area contributed by atoms with E-state index in [0.29, 0.717) is 17.0 Å². The van der Waals surface area contributed by atoms with Crippen molar-refractivity contribution < 1.29 is 19.1 Å². The number of imide groups is 1. The second-order valence-corrected chi connectivity index (χ2v) is 4.89. The molecule has 0 spiro atoms. The Balaban J connectivity index is 2.01. The number of esters is 1. The van der Waals surface area contributed by atoms with E-state index < -0.39 is 17.8 Å². The summed E-state index contributed by atoms with van der Waals surface area (Å²) in [5.74, 6) is -0.930. The zero-order valence-electron chi connectivity index (χ0n) is 12.0.